The predicted molar refractivity (Wildman–Crippen MR) is 77.9 cm³/mol. The van der Waals surface area contributed by atoms with E-state index in [0.717, 1.165) is 50.3 Å². The maximum atomic E-state index is 13.0. The molecule has 0 heterocycles. The Labute approximate surface area is 123 Å². The standard InChI is InChI=1S/C14H19FN2O3S/c15-10-6-7-13(12(16)8-10)21(19,20)9-14(18)17-11-4-2-1-3-5-11/h6-8,11H,1-5,9,16H2,(H,17,18). The van der Waals surface area contributed by atoms with Crippen LogP contribution in [0.25, 0.3) is 0 Å². The number of amides is 1. The summed E-state index contributed by atoms with van der Waals surface area (Å²) in [4.78, 5) is 11.7. The molecule has 7 heteroatoms. The third kappa shape index (κ3) is 4.17. The molecule has 1 fully saturated rings. The summed E-state index contributed by atoms with van der Waals surface area (Å²) >= 11 is 0. The van der Waals surface area contributed by atoms with Crippen molar-refractivity contribution < 1.29 is 17.6 Å². The van der Waals surface area contributed by atoms with Gasteiger partial charge in [0.1, 0.15) is 11.6 Å². The molecule has 2 rings (SSSR count). The highest BCUT2D eigenvalue weighted by Gasteiger charge is 2.24. The van der Waals surface area contributed by atoms with Crippen molar-refractivity contribution in [1.82, 2.24) is 5.32 Å². The number of carbonyl (C=O) groups is 1. The van der Waals surface area contributed by atoms with Crippen LogP contribution in [0, 0.1) is 5.82 Å². The van der Waals surface area contributed by atoms with Crippen LogP contribution in [0.3, 0.4) is 0 Å². The summed E-state index contributed by atoms with van der Waals surface area (Å²) < 4.78 is 37.3. The fourth-order valence-electron chi connectivity index (χ4n) is 2.57. The molecule has 21 heavy (non-hydrogen) atoms. The zero-order valence-corrected chi connectivity index (χ0v) is 12.5. The molecule has 1 aliphatic carbocycles. The van der Waals surface area contributed by atoms with Crippen LogP contribution >= 0.6 is 0 Å². The summed E-state index contributed by atoms with van der Waals surface area (Å²) in [6.07, 6.45) is 5.00. The molecule has 0 saturated heterocycles. The second kappa shape index (κ2) is 6.43. The number of sulfone groups is 1. The van der Waals surface area contributed by atoms with Crippen molar-refractivity contribution in [2.45, 2.75) is 43.0 Å². The van der Waals surface area contributed by atoms with Gasteiger partial charge in [-0.25, -0.2) is 12.8 Å². The number of nitrogens with two attached hydrogens (primary N) is 1. The number of hydrogen-bond acceptors (Lipinski definition) is 4. The second-order valence-corrected chi connectivity index (χ2v) is 7.30. The van der Waals surface area contributed by atoms with Gasteiger partial charge in [-0.15, -0.1) is 0 Å². The van der Waals surface area contributed by atoms with E-state index in [2.05, 4.69) is 5.32 Å². The average molecular weight is 314 g/mol. The van der Waals surface area contributed by atoms with Crippen LogP contribution in [0.5, 0.6) is 0 Å². The lowest BCUT2D eigenvalue weighted by atomic mass is 9.95. The smallest absolute Gasteiger partial charge is 0.235 e. The van der Waals surface area contributed by atoms with E-state index in [9.17, 15) is 17.6 Å². The number of carbonyl (C=O) groups excluding carboxylic acids is 1. The molecule has 0 bridgehead atoms. The highest BCUT2D eigenvalue weighted by molar-refractivity contribution is 7.92. The molecule has 0 unspecified atom stereocenters. The van der Waals surface area contributed by atoms with Crippen molar-refractivity contribution in [3.05, 3.63) is 24.0 Å². The minimum atomic E-state index is -3.86. The maximum Gasteiger partial charge on any atom is 0.235 e. The van der Waals surface area contributed by atoms with E-state index in [4.69, 9.17) is 5.73 Å². The van der Waals surface area contributed by atoms with Crippen molar-refractivity contribution in [2.24, 2.45) is 0 Å². The van der Waals surface area contributed by atoms with Crippen LogP contribution in [0.15, 0.2) is 23.1 Å². The Morgan fingerprint density at radius 2 is 1.95 bits per heavy atom. The van der Waals surface area contributed by atoms with Gasteiger partial charge >= 0.3 is 0 Å². The van der Waals surface area contributed by atoms with Crippen molar-refractivity contribution in [3.8, 4) is 0 Å². The summed E-state index contributed by atoms with van der Waals surface area (Å²) in [5.41, 5.74) is 5.34. The summed E-state index contributed by atoms with van der Waals surface area (Å²) in [5.74, 6) is -1.82. The van der Waals surface area contributed by atoms with Crippen molar-refractivity contribution >= 4 is 21.4 Å². The molecular formula is C14H19FN2O3S. The zero-order valence-electron chi connectivity index (χ0n) is 11.6. The van der Waals surface area contributed by atoms with Crippen LogP contribution in [0.4, 0.5) is 10.1 Å². The van der Waals surface area contributed by atoms with E-state index in [1.807, 2.05) is 0 Å². The number of anilines is 1. The summed E-state index contributed by atoms with van der Waals surface area (Å²) in [6, 6.07) is 3.09. The molecule has 1 aliphatic rings. The van der Waals surface area contributed by atoms with E-state index in [0.29, 0.717) is 0 Å². The van der Waals surface area contributed by atoms with E-state index in [1.54, 1.807) is 0 Å². The van der Waals surface area contributed by atoms with Crippen LogP contribution < -0.4 is 11.1 Å². The highest BCUT2D eigenvalue weighted by atomic mass is 32.2. The van der Waals surface area contributed by atoms with Crippen molar-refractivity contribution in [3.63, 3.8) is 0 Å². The molecule has 1 amide bonds. The van der Waals surface area contributed by atoms with Crippen LogP contribution in [-0.4, -0.2) is 26.1 Å². The fourth-order valence-corrected chi connectivity index (χ4v) is 3.85. The van der Waals surface area contributed by atoms with Gasteiger partial charge < -0.3 is 11.1 Å². The van der Waals surface area contributed by atoms with Crippen molar-refractivity contribution in [1.29, 1.82) is 0 Å². The number of halogens is 1. The predicted octanol–water partition coefficient (Wildman–Crippen LogP) is 1.63. The Morgan fingerprint density at radius 1 is 1.29 bits per heavy atom. The number of nitrogen functional groups attached to an aromatic ring is 1. The van der Waals surface area contributed by atoms with Gasteiger partial charge in [0.05, 0.1) is 10.6 Å². The lowest BCUT2D eigenvalue weighted by Gasteiger charge is -2.22. The first-order valence-electron chi connectivity index (χ1n) is 6.95. The third-order valence-corrected chi connectivity index (χ3v) is 5.28. The zero-order chi connectivity index (χ0) is 15.5. The van der Waals surface area contributed by atoms with Crippen molar-refractivity contribution in [2.75, 3.05) is 11.5 Å². The molecule has 0 atom stereocenters. The summed E-state index contributed by atoms with van der Waals surface area (Å²) in [7, 11) is -3.86. The minimum Gasteiger partial charge on any atom is -0.398 e. The summed E-state index contributed by atoms with van der Waals surface area (Å²) in [6.45, 7) is 0. The van der Waals surface area contributed by atoms with Crippen LogP contribution in [0.2, 0.25) is 0 Å². The monoisotopic (exact) mass is 314 g/mol. The Kier molecular flexibility index (Phi) is 4.82. The lowest BCUT2D eigenvalue weighted by molar-refractivity contribution is -0.119. The number of rotatable bonds is 4. The number of hydrogen-bond donors (Lipinski definition) is 2. The van der Waals surface area contributed by atoms with Crippen LogP contribution in [-0.2, 0) is 14.6 Å². The largest absolute Gasteiger partial charge is 0.398 e. The Balaban J connectivity index is 2.04. The first kappa shape index (κ1) is 15.8. The van der Waals surface area contributed by atoms with Gasteiger partial charge in [-0.1, -0.05) is 19.3 Å². The molecule has 5 nitrogen and oxygen atoms in total. The van der Waals surface area contributed by atoms with E-state index >= 15 is 0 Å². The maximum absolute atomic E-state index is 13.0. The Bertz CT molecular complexity index is 625. The van der Waals surface area contributed by atoms with Crippen LogP contribution in [0.1, 0.15) is 32.1 Å². The van der Waals surface area contributed by atoms with Gasteiger partial charge in [0.2, 0.25) is 5.91 Å². The normalized spacial score (nSPS) is 16.6. The fraction of sp³-hybridized carbons (Fsp3) is 0.500. The molecule has 1 saturated carbocycles. The minimum absolute atomic E-state index is 0.0482. The third-order valence-electron chi connectivity index (χ3n) is 3.60. The molecule has 3 N–H and O–H groups in total. The molecule has 0 aliphatic heterocycles. The highest BCUT2D eigenvalue weighted by Crippen LogP contribution is 2.21. The average Bonchev–Trinajstić information content (AvgIpc) is 2.38. The van der Waals surface area contributed by atoms with Gasteiger partial charge in [0, 0.05) is 6.04 Å². The molecular weight excluding hydrogens is 295 g/mol. The van der Waals surface area contributed by atoms with E-state index < -0.39 is 27.3 Å². The van der Waals surface area contributed by atoms with Gasteiger partial charge in [0.25, 0.3) is 0 Å². The molecule has 0 radical (unpaired) electrons. The Morgan fingerprint density at radius 3 is 2.57 bits per heavy atom. The Hall–Kier alpha value is -1.63. The molecule has 1 aromatic carbocycles. The first-order valence-corrected chi connectivity index (χ1v) is 8.61. The molecule has 1 aromatic rings. The first-order chi connectivity index (χ1) is 9.88. The molecule has 116 valence electrons. The second-order valence-electron chi connectivity index (χ2n) is 5.34. The van der Waals surface area contributed by atoms with E-state index in [-0.39, 0.29) is 16.6 Å². The summed E-state index contributed by atoms with van der Waals surface area (Å²) in [5, 5.41) is 2.74. The molecule has 0 aromatic heterocycles. The SMILES string of the molecule is Nc1cc(F)ccc1S(=O)(=O)CC(=O)NC1CCCCC1. The van der Waals surface area contributed by atoms with Gasteiger partial charge in [-0.05, 0) is 31.0 Å². The quantitative estimate of drug-likeness (QED) is 0.653. The topological polar surface area (TPSA) is 89.3 Å². The lowest BCUT2D eigenvalue weighted by Crippen LogP contribution is -2.39. The number of nitrogens with one attached hydrogen (secondary N) is 1. The molecule has 0 spiro atoms. The van der Waals surface area contributed by atoms with Gasteiger partial charge in [0.15, 0.2) is 9.84 Å². The van der Waals surface area contributed by atoms with Gasteiger partial charge in [-0.3, -0.25) is 4.79 Å². The van der Waals surface area contributed by atoms with E-state index in [1.165, 1.54) is 0 Å². The van der Waals surface area contributed by atoms with Gasteiger partial charge in [-0.2, -0.15) is 0 Å². The number of benzene rings is 1.